The van der Waals surface area contributed by atoms with Crippen molar-refractivity contribution in [2.24, 2.45) is 11.7 Å². The van der Waals surface area contributed by atoms with Gasteiger partial charge in [0.2, 0.25) is 0 Å². The second-order valence-electron chi connectivity index (χ2n) is 5.36. The highest BCUT2D eigenvalue weighted by atomic mass is 15.1. The van der Waals surface area contributed by atoms with Crippen molar-refractivity contribution in [1.82, 2.24) is 9.88 Å². The second kappa shape index (κ2) is 6.72. The highest BCUT2D eigenvalue weighted by molar-refractivity contribution is 5.09. The minimum Gasteiger partial charge on any atom is -0.327 e. The predicted molar refractivity (Wildman–Crippen MR) is 72.7 cm³/mol. The zero-order valence-electron chi connectivity index (χ0n) is 11.5. The van der Waals surface area contributed by atoms with Gasteiger partial charge in [0.05, 0.1) is 5.69 Å². The quantitative estimate of drug-likeness (QED) is 0.822. The lowest BCUT2D eigenvalue weighted by atomic mass is 10.0. The van der Waals surface area contributed by atoms with Crippen LogP contribution in [0.5, 0.6) is 0 Å². The van der Waals surface area contributed by atoms with E-state index in [-0.39, 0.29) is 6.04 Å². The second-order valence-corrected chi connectivity index (χ2v) is 5.36. The molecule has 1 aromatic heterocycles. The topological polar surface area (TPSA) is 42.1 Å². The molecular formula is C14H25N3. The van der Waals surface area contributed by atoms with Gasteiger partial charge in [0.15, 0.2) is 0 Å². The van der Waals surface area contributed by atoms with Crippen molar-refractivity contribution < 1.29 is 0 Å². The number of nitrogens with zero attached hydrogens (tertiary/aromatic N) is 2. The smallest absolute Gasteiger partial charge is 0.0547 e. The van der Waals surface area contributed by atoms with Crippen molar-refractivity contribution in [1.29, 1.82) is 0 Å². The summed E-state index contributed by atoms with van der Waals surface area (Å²) >= 11 is 0. The summed E-state index contributed by atoms with van der Waals surface area (Å²) in [6, 6.07) is 6.40. The summed E-state index contributed by atoms with van der Waals surface area (Å²) in [7, 11) is 2.10. The van der Waals surface area contributed by atoms with Crippen LogP contribution in [0.15, 0.2) is 18.2 Å². The standard InChI is InChI=1S/C14H25N3/c1-11(2)8-13(15)9-17(4)10-14-7-5-6-12(3)16-14/h5-7,11,13H,8-10,15H2,1-4H3/t13-/m1/s1. The van der Waals surface area contributed by atoms with Crippen LogP contribution in [0.2, 0.25) is 0 Å². The van der Waals surface area contributed by atoms with Crippen LogP contribution in [0.4, 0.5) is 0 Å². The van der Waals surface area contributed by atoms with Crippen LogP contribution in [0.3, 0.4) is 0 Å². The van der Waals surface area contributed by atoms with Crippen LogP contribution >= 0.6 is 0 Å². The Kier molecular flexibility index (Phi) is 5.59. The Hall–Kier alpha value is -0.930. The van der Waals surface area contributed by atoms with E-state index in [9.17, 15) is 0 Å². The van der Waals surface area contributed by atoms with Gasteiger partial charge in [-0.1, -0.05) is 19.9 Å². The molecule has 0 radical (unpaired) electrons. The molecule has 17 heavy (non-hydrogen) atoms. The summed E-state index contributed by atoms with van der Waals surface area (Å²) in [6.45, 7) is 8.24. The molecule has 0 fully saturated rings. The highest BCUT2D eigenvalue weighted by Crippen LogP contribution is 2.06. The molecular weight excluding hydrogens is 210 g/mol. The molecule has 3 heteroatoms. The van der Waals surface area contributed by atoms with Crippen LogP contribution < -0.4 is 5.73 Å². The van der Waals surface area contributed by atoms with Crippen molar-refractivity contribution >= 4 is 0 Å². The molecule has 0 unspecified atom stereocenters. The average molecular weight is 235 g/mol. The van der Waals surface area contributed by atoms with Gasteiger partial charge in [0, 0.05) is 24.8 Å². The molecule has 0 saturated carbocycles. The zero-order valence-corrected chi connectivity index (χ0v) is 11.5. The number of aromatic nitrogens is 1. The minimum atomic E-state index is 0.254. The molecule has 0 aliphatic heterocycles. The number of pyridine rings is 1. The lowest BCUT2D eigenvalue weighted by molar-refractivity contribution is 0.284. The molecule has 0 bridgehead atoms. The normalized spacial score (nSPS) is 13.4. The van der Waals surface area contributed by atoms with Crippen molar-refractivity contribution in [3.8, 4) is 0 Å². The third-order valence-electron chi connectivity index (χ3n) is 2.70. The fraction of sp³-hybridized carbons (Fsp3) is 0.643. The maximum atomic E-state index is 6.10. The van der Waals surface area contributed by atoms with Crippen LogP contribution in [-0.4, -0.2) is 29.5 Å². The molecule has 0 aromatic carbocycles. The first-order valence-corrected chi connectivity index (χ1v) is 6.34. The Balaban J connectivity index is 2.41. The number of likely N-dealkylation sites (N-methyl/N-ethyl adjacent to an activating group) is 1. The summed E-state index contributed by atoms with van der Waals surface area (Å²) in [6.07, 6.45) is 1.07. The van der Waals surface area contributed by atoms with Crippen LogP contribution in [0.1, 0.15) is 31.7 Å². The molecule has 1 heterocycles. The Labute approximate surface area is 105 Å². The number of nitrogens with two attached hydrogens (primary N) is 1. The number of rotatable bonds is 6. The summed E-state index contributed by atoms with van der Waals surface area (Å²) in [5.41, 5.74) is 8.28. The fourth-order valence-corrected chi connectivity index (χ4v) is 2.11. The Morgan fingerprint density at radius 1 is 1.35 bits per heavy atom. The summed E-state index contributed by atoms with van der Waals surface area (Å²) in [4.78, 5) is 6.74. The Bertz CT molecular complexity index is 336. The first-order valence-electron chi connectivity index (χ1n) is 6.34. The average Bonchev–Trinajstić information content (AvgIpc) is 2.14. The molecule has 0 saturated heterocycles. The molecule has 0 amide bonds. The number of hydrogen-bond donors (Lipinski definition) is 1. The van der Waals surface area contributed by atoms with Gasteiger partial charge in [-0.15, -0.1) is 0 Å². The Morgan fingerprint density at radius 3 is 2.65 bits per heavy atom. The van der Waals surface area contributed by atoms with Crippen molar-refractivity contribution in [2.75, 3.05) is 13.6 Å². The SMILES string of the molecule is Cc1cccc(CN(C)C[C@H](N)CC(C)C)n1. The van der Waals surface area contributed by atoms with Crippen molar-refractivity contribution in [3.63, 3.8) is 0 Å². The molecule has 1 rings (SSSR count). The molecule has 0 aliphatic rings. The number of aryl methyl sites for hydroxylation is 1. The predicted octanol–water partition coefficient (Wildman–Crippen LogP) is 2.20. The third kappa shape index (κ3) is 5.80. The van der Waals surface area contributed by atoms with E-state index in [1.807, 2.05) is 13.0 Å². The summed E-state index contributed by atoms with van der Waals surface area (Å²) in [5.74, 6) is 0.662. The van der Waals surface area contributed by atoms with Gasteiger partial charge in [0.1, 0.15) is 0 Å². The van der Waals surface area contributed by atoms with Gasteiger partial charge in [-0.25, -0.2) is 0 Å². The van der Waals surface area contributed by atoms with Gasteiger partial charge in [0.25, 0.3) is 0 Å². The monoisotopic (exact) mass is 235 g/mol. The molecule has 2 N–H and O–H groups in total. The van der Waals surface area contributed by atoms with E-state index >= 15 is 0 Å². The first kappa shape index (κ1) is 14.1. The molecule has 96 valence electrons. The van der Waals surface area contributed by atoms with E-state index in [2.05, 4.69) is 42.9 Å². The molecule has 1 atom stereocenters. The third-order valence-corrected chi connectivity index (χ3v) is 2.70. The largest absolute Gasteiger partial charge is 0.327 e. The van der Waals surface area contributed by atoms with E-state index in [0.29, 0.717) is 5.92 Å². The lowest BCUT2D eigenvalue weighted by Gasteiger charge is -2.22. The van der Waals surface area contributed by atoms with E-state index < -0.39 is 0 Å². The van der Waals surface area contributed by atoms with Crippen LogP contribution in [0, 0.1) is 12.8 Å². The minimum absolute atomic E-state index is 0.254. The van der Waals surface area contributed by atoms with Gasteiger partial charge < -0.3 is 5.73 Å². The molecule has 3 nitrogen and oxygen atoms in total. The summed E-state index contributed by atoms with van der Waals surface area (Å²) < 4.78 is 0. The molecule has 0 aliphatic carbocycles. The van der Waals surface area contributed by atoms with E-state index in [1.54, 1.807) is 0 Å². The van der Waals surface area contributed by atoms with E-state index in [1.165, 1.54) is 0 Å². The summed E-state index contributed by atoms with van der Waals surface area (Å²) in [5, 5.41) is 0. The van der Waals surface area contributed by atoms with E-state index in [4.69, 9.17) is 5.73 Å². The van der Waals surface area contributed by atoms with Gasteiger partial charge in [-0.3, -0.25) is 9.88 Å². The zero-order chi connectivity index (χ0) is 12.8. The molecule has 1 aromatic rings. The van der Waals surface area contributed by atoms with Gasteiger partial charge in [-0.2, -0.15) is 0 Å². The van der Waals surface area contributed by atoms with Crippen molar-refractivity contribution in [2.45, 2.75) is 39.8 Å². The fourth-order valence-electron chi connectivity index (χ4n) is 2.11. The van der Waals surface area contributed by atoms with Crippen LogP contribution in [0.25, 0.3) is 0 Å². The number of hydrogen-bond acceptors (Lipinski definition) is 3. The highest BCUT2D eigenvalue weighted by Gasteiger charge is 2.09. The lowest BCUT2D eigenvalue weighted by Crippen LogP contribution is -2.36. The maximum absolute atomic E-state index is 6.10. The van der Waals surface area contributed by atoms with Crippen molar-refractivity contribution in [3.05, 3.63) is 29.6 Å². The maximum Gasteiger partial charge on any atom is 0.0547 e. The van der Waals surface area contributed by atoms with Gasteiger partial charge >= 0.3 is 0 Å². The molecule has 0 spiro atoms. The Morgan fingerprint density at radius 2 is 2.06 bits per heavy atom. The van der Waals surface area contributed by atoms with E-state index in [0.717, 1.165) is 30.9 Å². The van der Waals surface area contributed by atoms with Gasteiger partial charge in [-0.05, 0) is 38.4 Å². The first-order chi connectivity index (χ1) is 7.97. The van der Waals surface area contributed by atoms with Crippen LogP contribution in [-0.2, 0) is 6.54 Å².